The molecular formula is C14H17ClFNO3. The van der Waals surface area contributed by atoms with Crippen LogP contribution in [0.3, 0.4) is 0 Å². The summed E-state index contributed by atoms with van der Waals surface area (Å²) in [4.78, 5) is 14.1. The fourth-order valence-corrected chi connectivity index (χ4v) is 2.51. The summed E-state index contributed by atoms with van der Waals surface area (Å²) in [5, 5.41) is 0. The van der Waals surface area contributed by atoms with Crippen molar-refractivity contribution in [1.29, 1.82) is 0 Å². The average molecular weight is 302 g/mol. The summed E-state index contributed by atoms with van der Waals surface area (Å²) in [5.74, 6) is -0.458. The molecule has 110 valence electrons. The van der Waals surface area contributed by atoms with Crippen LogP contribution in [0.1, 0.15) is 17.3 Å². The van der Waals surface area contributed by atoms with Crippen LogP contribution < -0.4 is 4.74 Å². The van der Waals surface area contributed by atoms with Crippen LogP contribution in [-0.2, 0) is 4.74 Å². The zero-order chi connectivity index (χ0) is 14.7. The Morgan fingerprint density at radius 2 is 2.30 bits per heavy atom. The molecule has 20 heavy (non-hydrogen) atoms. The van der Waals surface area contributed by atoms with Crippen LogP contribution in [0.2, 0.25) is 0 Å². The second-order valence-electron chi connectivity index (χ2n) is 4.75. The van der Waals surface area contributed by atoms with Crippen molar-refractivity contribution >= 4 is 17.5 Å². The number of ether oxygens (including phenoxy) is 2. The summed E-state index contributed by atoms with van der Waals surface area (Å²) >= 11 is 5.79. The van der Waals surface area contributed by atoms with Crippen molar-refractivity contribution in [3.05, 3.63) is 29.6 Å². The van der Waals surface area contributed by atoms with Crippen LogP contribution in [0.5, 0.6) is 5.75 Å². The Morgan fingerprint density at radius 3 is 2.95 bits per heavy atom. The van der Waals surface area contributed by atoms with E-state index in [0.717, 1.165) is 0 Å². The van der Waals surface area contributed by atoms with Crippen molar-refractivity contribution in [2.45, 2.75) is 19.1 Å². The molecule has 1 aliphatic rings. The molecule has 2 rings (SSSR count). The number of halogens is 2. The van der Waals surface area contributed by atoms with Gasteiger partial charge >= 0.3 is 0 Å². The minimum absolute atomic E-state index is 0.0441. The van der Waals surface area contributed by atoms with Gasteiger partial charge in [0.15, 0.2) is 0 Å². The average Bonchev–Trinajstić information content (AvgIpc) is 2.45. The van der Waals surface area contributed by atoms with E-state index in [1.807, 2.05) is 6.92 Å². The molecule has 0 N–H and O–H groups in total. The summed E-state index contributed by atoms with van der Waals surface area (Å²) in [6, 6.07) is 4.33. The Labute approximate surface area is 122 Å². The molecule has 1 aliphatic heterocycles. The van der Waals surface area contributed by atoms with Gasteiger partial charge in [-0.3, -0.25) is 4.79 Å². The normalized spacial score (nSPS) is 22.7. The van der Waals surface area contributed by atoms with Gasteiger partial charge in [-0.2, -0.15) is 0 Å². The third-order valence-corrected chi connectivity index (χ3v) is 3.54. The highest BCUT2D eigenvalue weighted by Gasteiger charge is 2.31. The van der Waals surface area contributed by atoms with E-state index in [0.29, 0.717) is 19.0 Å². The number of carbonyl (C=O) groups excluding carboxylic acids is 1. The predicted octanol–water partition coefficient (Wildman–Crippen LogP) is 2.30. The van der Waals surface area contributed by atoms with Crippen LogP contribution in [0, 0.1) is 5.82 Å². The predicted molar refractivity (Wildman–Crippen MR) is 73.9 cm³/mol. The first-order valence-electron chi connectivity index (χ1n) is 6.40. The molecule has 1 aromatic carbocycles. The SMILES string of the molecule is COc1cccc(F)c1C(=O)N1CC(C)OC(CCl)C1. The quantitative estimate of drug-likeness (QED) is 0.804. The van der Waals surface area contributed by atoms with Gasteiger partial charge in [-0.1, -0.05) is 6.07 Å². The van der Waals surface area contributed by atoms with Crippen molar-refractivity contribution in [2.75, 3.05) is 26.1 Å². The minimum Gasteiger partial charge on any atom is -0.496 e. The summed E-state index contributed by atoms with van der Waals surface area (Å²) in [5.41, 5.74) is -0.0441. The molecular weight excluding hydrogens is 285 g/mol. The standard InChI is InChI=1S/C14H17ClFNO3/c1-9-7-17(8-10(6-15)20-9)14(18)13-11(16)4-3-5-12(13)19-2/h3-5,9-10H,6-8H2,1-2H3. The lowest BCUT2D eigenvalue weighted by molar-refractivity contribution is -0.0572. The van der Waals surface area contributed by atoms with Crippen LogP contribution in [0.15, 0.2) is 18.2 Å². The topological polar surface area (TPSA) is 38.8 Å². The van der Waals surface area contributed by atoms with Crippen LogP contribution >= 0.6 is 11.6 Å². The van der Waals surface area contributed by atoms with Crippen LogP contribution in [0.4, 0.5) is 4.39 Å². The number of benzene rings is 1. The van der Waals surface area contributed by atoms with Gasteiger partial charge in [-0.25, -0.2) is 4.39 Å². The number of nitrogens with zero attached hydrogens (tertiary/aromatic N) is 1. The molecule has 2 atom stereocenters. The zero-order valence-electron chi connectivity index (χ0n) is 11.4. The highest BCUT2D eigenvalue weighted by molar-refractivity contribution is 6.18. The molecule has 1 amide bonds. The molecule has 1 heterocycles. The summed E-state index contributed by atoms with van der Waals surface area (Å²) in [7, 11) is 1.41. The van der Waals surface area contributed by atoms with Gasteiger partial charge in [0.05, 0.1) is 25.2 Å². The maximum absolute atomic E-state index is 13.9. The monoisotopic (exact) mass is 301 g/mol. The van der Waals surface area contributed by atoms with Crippen LogP contribution in [0.25, 0.3) is 0 Å². The molecule has 1 fully saturated rings. The minimum atomic E-state index is -0.587. The molecule has 1 aromatic rings. The fraction of sp³-hybridized carbons (Fsp3) is 0.500. The van der Waals surface area contributed by atoms with Gasteiger partial charge in [0, 0.05) is 13.1 Å². The van der Waals surface area contributed by atoms with E-state index in [9.17, 15) is 9.18 Å². The van der Waals surface area contributed by atoms with Gasteiger partial charge in [-0.05, 0) is 19.1 Å². The Hall–Kier alpha value is -1.33. The number of carbonyl (C=O) groups is 1. The third-order valence-electron chi connectivity index (χ3n) is 3.19. The first-order valence-corrected chi connectivity index (χ1v) is 6.93. The van der Waals surface area contributed by atoms with E-state index >= 15 is 0 Å². The Balaban J connectivity index is 2.27. The van der Waals surface area contributed by atoms with Gasteiger partial charge in [0.25, 0.3) is 5.91 Å². The second-order valence-corrected chi connectivity index (χ2v) is 5.06. The van der Waals surface area contributed by atoms with Crippen LogP contribution in [-0.4, -0.2) is 49.1 Å². The highest BCUT2D eigenvalue weighted by atomic mass is 35.5. The highest BCUT2D eigenvalue weighted by Crippen LogP contribution is 2.24. The van der Waals surface area contributed by atoms with Crippen molar-refractivity contribution in [2.24, 2.45) is 0 Å². The molecule has 4 nitrogen and oxygen atoms in total. The lowest BCUT2D eigenvalue weighted by atomic mass is 10.1. The number of morpholine rings is 1. The number of alkyl halides is 1. The third kappa shape index (κ3) is 3.04. The number of hydrogen-bond acceptors (Lipinski definition) is 3. The molecule has 0 aliphatic carbocycles. The first kappa shape index (κ1) is 15.1. The smallest absolute Gasteiger partial charge is 0.260 e. The Kier molecular flexibility index (Phi) is 4.83. The van der Waals surface area contributed by atoms with Crippen molar-refractivity contribution < 1.29 is 18.7 Å². The molecule has 1 saturated heterocycles. The molecule has 0 radical (unpaired) electrons. The summed E-state index contributed by atoms with van der Waals surface area (Å²) in [6.07, 6.45) is -0.364. The zero-order valence-corrected chi connectivity index (χ0v) is 12.2. The fourth-order valence-electron chi connectivity index (χ4n) is 2.34. The second kappa shape index (κ2) is 6.41. The van der Waals surface area contributed by atoms with Crippen molar-refractivity contribution in [3.63, 3.8) is 0 Å². The van der Waals surface area contributed by atoms with Gasteiger partial charge in [0.1, 0.15) is 17.1 Å². The van der Waals surface area contributed by atoms with E-state index in [-0.39, 0.29) is 23.5 Å². The number of methoxy groups -OCH3 is 1. The molecule has 0 spiro atoms. The van der Waals surface area contributed by atoms with Crippen molar-refractivity contribution in [1.82, 2.24) is 4.90 Å². The number of amides is 1. The molecule has 0 saturated carbocycles. The van der Waals surface area contributed by atoms with E-state index in [1.54, 1.807) is 11.0 Å². The summed E-state index contributed by atoms with van der Waals surface area (Å²) < 4.78 is 24.6. The molecule has 0 bridgehead atoms. The van der Waals surface area contributed by atoms with Gasteiger partial charge in [0.2, 0.25) is 0 Å². The number of hydrogen-bond donors (Lipinski definition) is 0. The Morgan fingerprint density at radius 1 is 1.55 bits per heavy atom. The molecule has 2 unspecified atom stereocenters. The van der Waals surface area contributed by atoms with E-state index in [1.165, 1.54) is 19.2 Å². The van der Waals surface area contributed by atoms with E-state index < -0.39 is 11.7 Å². The van der Waals surface area contributed by atoms with Gasteiger partial charge in [-0.15, -0.1) is 11.6 Å². The first-order chi connectivity index (χ1) is 9.56. The molecule has 6 heteroatoms. The molecule has 0 aromatic heterocycles. The largest absolute Gasteiger partial charge is 0.496 e. The van der Waals surface area contributed by atoms with E-state index in [2.05, 4.69) is 0 Å². The van der Waals surface area contributed by atoms with Crippen molar-refractivity contribution in [3.8, 4) is 5.75 Å². The lowest BCUT2D eigenvalue weighted by Crippen LogP contribution is -2.50. The summed E-state index contributed by atoms with van der Waals surface area (Å²) in [6.45, 7) is 2.62. The maximum atomic E-state index is 13.9. The van der Waals surface area contributed by atoms with E-state index in [4.69, 9.17) is 21.1 Å². The Bertz CT molecular complexity index is 497. The lowest BCUT2D eigenvalue weighted by Gasteiger charge is -2.36. The maximum Gasteiger partial charge on any atom is 0.260 e. The number of rotatable bonds is 3. The van der Waals surface area contributed by atoms with Gasteiger partial charge < -0.3 is 14.4 Å².